The summed E-state index contributed by atoms with van der Waals surface area (Å²) in [5.41, 5.74) is 9.25. The minimum atomic E-state index is -0.645. The lowest BCUT2D eigenvalue weighted by Gasteiger charge is -2.35. The van der Waals surface area contributed by atoms with Gasteiger partial charge in [-0.2, -0.15) is 0 Å². The number of halogens is 2. The van der Waals surface area contributed by atoms with Crippen molar-refractivity contribution in [1.29, 1.82) is 0 Å². The number of nitrogens with zero attached hydrogens (tertiary/aromatic N) is 5. The Labute approximate surface area is 263 Å². The number of carboxylic acid groups (broad SMARTS) is 1. The largest absolute Gasteiger partial charge is 0.494 e. The van der Waals surface area contributed by atoms with Crippen LogP contribution in [0, 0.1) is 12.7 Å². The molecule has 1 fully saturated rings. The maximum Gasteiger partial charge on any atom is 0.317 e. The molecule has 1 aliphatic rings. The number of imidazole rings is 1. The minimum absolute atomic E-state index is 0.0570. The predicted octanol–water partition coefficient (Wildman–Crippen LogP) is 3.76. The fraction of sp³-hybridized carbons (Fsp3) is 0.300. The van der Waals surface area contributed by atoms with Crippen LogP contribution < -0.4 is 21.1 Å². The zero-order chi connectivity index (χ0) is 32.7. The number of hydrogen-bond acceptors (Lipinski definition) is 8. The van der Waals surface area contributed by atoms with E-state index in [0.717, 1.165) is 11.3 Å². The first-order chi connectivity index (χ1) is 21.6. The van der Waals surface area contributed by atoms with Crippen LogP contribution in [0.2, 0.25) is 5.02 Å². The van der Waals surface area contributed by atoms with Crippen LogP contribution in [0.25, 0.3) is 16.9 Å². The van der Waals surface area contributed by atoms with E-state index in [4.69, 9.17) is 32.0 Å². The monoisotopic (exact) mass is 640 g/mol. The third-order valence-corrected chi connectivity index (χ3v) is 7.64. The summed E-state index contributed by atoms with van der Waals surface area (Å²) in [6.45, 7) is 5.62. The zero-order valence-corrected chi connectivity index (χ0v) is 25.7. The third kappa shape index (κ3) is 7.24. The molecule has 1 saturated heterocycles. The van der Waals surface area contributed by atoms with Gasteiger partial charge in [-0.05, 0) is 49.7 Å². The van der Waals surface area contributed by atoms with Crippen LogP contribution in [0.3, 0.4) is 0 Å². The lowest BCUT2D eigenvalue weighted by Crippen LogP contribution is -2.55. The zero-order valence-electron chi connectivity index (χ0n) is 25.0. The number of nitrogens with two attached hydrogens (primary N) is 1. The molecular formula is C30H34ClFN8O5. The van der Waals surface area contributed by atoms with E-state index < -0.39 is 5.82 Å². The van der Waals surface area contributed by atoms with Crippen LogP contribution in [-0.2, 0) is 4.79 Å². The molecule has 1 atom stereocenters. The Balaban J connectivity index is 0.00000148. The predicted molar refractivity (Wildman–Crippen MR) is 168 cm³/mol. The van der Waals surface area contributed by atoms with Gasteiger partial charge in [0.25, 0.3) is 12.4 Å². The number of methoxy groups -OCH3 is 1. The van der Waals surface area contributed by atoms with Crippen LogP contribution in [0.5, 0.6) is 5.75 Å². The average Bonchev–Trinajstić information content (AvgIpc) is 3.47. The number of ether oxygens (including phenoxy) is 1. The van der Waals surface area contributed by atoms with E-state index in [1.165, 1.54) is 13.2 Å². The molecule has 15 heteroatoms. The molecule has 1 aliphatic heterocycles. The number of carbonyl (C=O) groups is 3. The second kappa shape index (κ2) is 14.7. The Morgan fingerprint density at radius 1 is 1.18 bits per heavy atom. The number of benzene rings is 2. The van der Waals surface area contributed by atoms with E-state index in [1.54, 1.807) is 44.9 Å². The molecule has 2 aromatic carbocycles. The number of aromatic nitrogens is 3. The Kier molecular flexibility index (Phi) is 10.8. The van der Waals surface area contributed by atoms with Crippen LogP contribution >= 0.6 is 11.6 Å². The van der Waals surface area contributed by atoms with Crippen LogP contribution in [0.15, 0.2) is 48.9 Å². The topological polar surface area (TPSA) is 167 Å². The molecule has 0 spiro atoms. The standard InChI is InChI=1S/C29H32ClFN8O3.CH2O2/c1-17-14-19(4-5-20(17)28(40)37-10-12-38(13-11-37)29(41)35-18(2)15-32)36-26-27-34-16-22(39(27)9-8-33-26)21-6-7-23(42-3)25(31)24(21)30;2-1-3/h4-9,14,16,18H,10-13,15,32H2,1-3H3,(H,33,36)(H,35,41);1H,(H,2,3). The van der Waals surface area contributed by atoms with Gasteiger partial charge in [0, 0.05) is 68.0 Å². The number of nitrogens with one attached hydrogen (secondary N) is 2. The molecule has 5 rings (SSSR count). The first-order valence-corrected chi connectivity index (χ1v) is 14.4. The van der Waals surface area contributed by atoms with E-state index in [9.17, 15) is 14.0 Å². The van der Waals surface area contributed by atoms with Crippen LogP contribution in [0.4, 0.5) is 20.7 Å². The number of rotatable bonds is 7. The molecule has 0 radical (unpaired) electrons. The lowest BCUT2D eigenvalue weighted by molar-refractivity contribution is -0.122. The van der Waals surface area contributed by atoms with E-state index in [1.807, 2.05) is 26.0 Å². The van der Waals surface area contributed by atoms with Gasteiger partial charge in [0.05, 0.1) is 24.0 Å². The molecule has 4 aromatic rings. The fourth-order valence-electron chi connectivity index (χ4n) is 4.86. The highest BCUT2D eigenvalue weighted by Gasteiger charge is 2.26. The Morgan fingerprint density at radius 2 is 1.87 bits per heavy atom. The maximum atomic E-state index is 14.6. The highest BCUT2D eigenvalue weighted by Crippen LogP contribution is 2.35. The molecular weight excluding hydrogens is 607 g/mol. The number of hydrogen-bond donors (Lipinski definition) is 4. The van der Waals surface area contributed by atoms with E-state index in [-0.39, 0.29) is 35.2 Å². The number of amides is 3. The summed E-state index contributed by atoms with van der Waals surface area (Å²) in [6.07, 6.45) is 4.93. The summed E-state index contributed by atoms with van der Waals surface area (Å²) in [7, 11) is 1.38. The highest BCUT2D eigenvalue weighted by atomic mass is 35.5. The molecule has 3 amide bonds. The van der Waals surface area contributed by atoms with Gasteiger partial charge in [0.1, 0.15) is 0 Å². The Hall–Kier alpha value is -4.95. The molecule has 3 heterocycles. The number of anilines is 2. The van der Waals surface area contributed by atoms with Crippen molar-refractivity contribution in [3.8, 4) is 17.0 Å². The smallest absolute Gasteiger partial charge is 0.317 e. The Bertz CT molecular complexity index is 1690. The summed E-state index contributed by atoms with van der Waals surface area (Å²) in [5.74, 6) is -0.197. The summed E-state index contributed by atoms with van der Waals surface area (Å²) in [5, 5.41) is 13.0. The summed E-state index contributed by atoms with van der Waals surface area (Å²) in [6, 6.07) is 8.37. The Morgan fingerprint density at radius 3 is 2.51 bits per heavy atom. The second-order valence-electron chi connectivity index (χ2n) is 10.2. The molecule has 0 saturated carbocycles. The number of carbonyl (C=O) groups excluding carboxylic acids is 2. The van der Waals surface area contributed by atoms with Gasteiger partial charge in [0.2, 0.25) is 0 Å². The van der Waals surface area contributed by atoms with Crippen molar-refractivity contribution in [2.75, 3.05) is 45.2 Å². The quantitative estimate of drug-likeness (QED) is 0.220. The molecule has 238 valence electrons. The van der Waals surface area contributed by atoms with Crippen molar-refractivity contribution in [1.82, 2.24) is 29.5 Å². The maximum absolute atomic E-state index is 14.6. The van der Waals surface area contributed by atoms with Gasteiger partial charge in [-0.1, -0.05) is 11.6 Å². The first-order valence-electron chi connectivity index (χ1n) is 14.0. The first kappa shape index (κ1) is 33.0. The molecule has 0 aliphatic carbocycles. The van der Waals surface area contributed by atoms with E-state index in [2.05, 4.69) is 20.6 Å². The fourth-order valence-corrected chi connectivity index (χ4v) is 5.11. The van der Waals surface area contributed by atoms with Gasteiger partial charge in [-0.15, -0.1) is 0 Å². The highest BCUT2D eigenvalue weighted by molar-refractivity contribution is 6.33. The van der Waals surface area contributed by atoms with Crippen molar-refractivity contribution >= 4 is 47.2 Å². The SMILES string of the molecule is COc1ccc(-c2cnc3c(Nc4ccc(C(=O)N5CCN(C(=O)NC(C)CN)CC5)c(C)c4)nccn23)c(Cl)c1F.O=CO. The average molecular weight is 641 g/mol. The second-order valence-corrected chi connectivity index (χ2v) is 10.6. The molecule has 5 N–H and O–H groups in total. The summed E-state index contributed by atoms with van der Waals surface area (Å²) in [4.78, 5) is 46.4. The van der Waals surface area contributed by atoms with Crippen molar-refractivity contribution in [2.45, 2.75) is 19.9 Å². The van der Waals surface area contributed by atoms with Crippen molar-refractivity contribution < 1.29 is 28.6 Å². The van der Waals surface area contributed by atoms with Crippen molar-refractivity contribution in [3.05, 3.63) is 70.9 Å². The minimum Gasteiger partial charge on any atom is -0.494 e. The number of aryl methyl sites for hydroxylation is 1. The van der Waals surface area contributed by atoms with Crippen molar-refractivity contribution in [2.24, 2.45) is 5.73 Å². The number of urea groups is 1. The normalized spacial score (nSPS) is 13.5. The van der Waals surface area contributed by atoms with Crippen molar-refractivity contribution in [3.63, 3.8) is 0 Å². The summed E-state index contributed by atoms with van der Waals surface area (Å²) >= 11 is 6.31. The lowest BCUT2D eigenvalue weighted by atomic mass is 10.1. The summed E-state index contributed by atoms with van der Waals surface area (Å²) < 4.78 is 21.4. The molecule has 1 unspecified atom stereocenters. The van der Waals surface area contributed by atoms with Crippen LogP contribution in [0.1, 0.15) is 22.8 Å². The van der Waals surface area contributed by atoms with E-state index in [0.29, 0.717) is 61.0 Å². The van der Waals surface area contributed by atoms with Gasteiger partial charge in [-0.25, -0.2) is 19.2 Å². The number of piperazine rings is 1. The van der Waals surface area contributed by atoms with Gasteiger partial charge >= 0.3 is 6.03 Å². The van der Waals surface area contributed by atoms with Gasteiger partial charge in [0.15, 0.2) is 23.0 Å². The van der Waals surface area contributed by atoms with E-state index >= 15 is 0 Å². The van der Waals surface area contributed by atoms with Crippen LogP contribution in [-0.4, -0.2) is 93.6 Å². The third-order valence-electron chi connectivity index (χ3n) is 7.27. The molecule has 45 heavy (non-hydrogen) atoms. The number of fused-ring (bicyclic) bond motifs is 1. The molecule has 2 aromatic heterocycles. The van der Waals surface area contributed by atoms with Gasteiger partial charge < -0.3 is 36.0 Å². The molecule has 0 bridgehead atoms. The molecule has 13 nitrogen and oxygen atoms in total. The van der Waals surface area contributed by atoms with Gasteiger partial charge in [-0.3, -0.25) is 14.0 Å².